The summed E-state index contributed by atoms with van der Waals surface area (Å²) >= 11 is 1.42. The van der Waals surface area contributed by atoms with E-state index in [0.717, 1.165) is 15.9 Å². The van der Waals surface area contributed by atoms with Crippen molar-refractivity contribution in [2.45, 2.75) is 19.8 Å². The summed E-state index contributed by atoms with van der Waals surface area (Å²) in [5, 5.41) is 13.3. The molecular formula is C15H16N4OS. The van der Waals surface area contributed by atoms with Crippen LogP contribution in [0.4, 0.5) is 5.13 Å². The summed E-state index contributed by atoms with van der Waals surface area (Å²) in [4.78, 5) is 12.4. The fourth-order valence-electron chi connectivity index (χ4n) is 2.18. The molecule has 0 aliphatic heterocycles. The predicted octanol–water partition coefficient (Wildman–Crippen LogP) is 3.41. The molecule has 0 aliphatic rings. The first kappa shape index (κ1) is 13.8. The number of nitrogens with zero attached hydrogens (tertiary/aromatic N) is 3. The molecule has 0 aliphatic carbocycles. The molecule has 5 nitrogen and oxygen atoms in total. The summed E-state index contributed by atoms with van der Waals surface area (Å²) in [6, 6.07) is 7.65. The van der Waals surface area contributed by atoms with Crippen LogP contribution >= 0.6 is 11.3 Å². The molecule has 0 spiro atoms. The van der Waals surface area contributed by atoms with Gasteiger partial charge < -0.3 is 4.57 Å². The lowest BCUT2D eigenvalue weighted by molar-refractivity contribution is 0.102. The van der Waals surface area contributed by atoms with Gasteiger partial charge in [-0.2, -0.15) is 0 Å². The van der Waals surface area contributed by atoms with E-state index >= 15 is 0 Å². The highest BCUT2D eigenvalue weighted by molar-refractivity contribution is 7.15. The second-order valence-corrected chi connectivity index (χ2v) is 6.23. The Bertz CT molecular complexity index is 803. The number of benzene rings is 1. The third-order valence-electron chi connectivity index (χ3n) is 3.33. The van der Waals surface area contributed by atoms with Crippen LogP contribution < -0.4 is 5.32 Å². The maximum Gasteiger partial charge on any atom is 0.258 e. The second kappa shape index (κ2) is 5.29. The molecule has 3 rings (SSSR count). The monoisotopic (exact) mass is 300 g/mol. The molecule has 2 aromatic heterocycles. The normalized spacial score (nSPS) is 11.2. The fraction of sp³-hybridized carbons (Fsp3) is 0.267. The van der Waals surface area contributed by atoms with Crippen LogP contribution in [0.1, 0.15) is 35.1 Å². The number of hydrogen-bond acceptors (Lipinski definition) is 4. The molecule has 0 bridgehead atoms. The quantitative estimate of drug-likeness (QED) is 0.806. The lowest BCUT2D eigenvalue weighted by Crippen LogP contribution is -2.12. The van der Waals surface area contributed by atoms with Crippen molar-refractivity contribution in [3.05, 3.63) is 41.0 Å². The molecule has 2 heterocycles. The number of aryl methyl sites for hydroxylation is 1. The lowest BCUT2D eigenvalue weighted by atomic mass is 10.1. The maximum absolute atomic E-state index is 12.4. The molecule has 1 N–H and O–H groups in total. The molecule has 21 heavy (non-hydrogen) atoms. The van der Waals surface area contributed by atoms with E-state index in [2.05, 4.69) is 29.4 Å². The van der Waals surface area contributed by atoms with Gasteiger partial charge >= 0.3 is 0 Å². The zero-order valence-electron chi connectivity index (χ0n) is 12.1. The first-order valence-corrected chi connectivity index (χ1v) is 7.56. The second-order valence-electron chi connectivity index (χ2n) is 5.22. The zero-order chi connectivity index (χ0) is 15.0. The molecule has 0 unspecified atom stereocenters. The highest BCUT2D eigenvalue weighted by Gasteiger charge is 2.14. The first-order valence-electron chi connectivity index (χ1n) is 6.75. The largest absolute Gasteiger partial charge is 0.351 e. The number of carbonyl (C=O) groups excluding carboxylic acids is 1. The lowest BCUT2D eigenvalue weighted by Gasteiger charge is -2.04. The van der Waals surface area contributed by atoms with Crippen molar-refractivity contribution in [1.82, 2.24) is 14.8 Å². The van der Waals surface area contributed by atoms with E-state index in [1.54, 1.807) is 0 Å². The van der Waals surface area contributed by atoms with Gasteiger partial charge in [-0.25, -0.2) is 0 Å². The molecule has 0 saturated heterocycles. The van der Waals surface area contributed by atoms with Crippen molar-refractivity contribution >= 4 is 33.3 Å². The van der Waals surface area contributed by atoms with Crippen molar-refractivity contribution < 1.29 is 4.79 Å². The third kappa shape index (κ3) is 2.54. The van der Waals surface area contributed by atoms with E-state index in [0.29, 0.717) is 16.6 Å². The van der Waals surface area contributed by atoms with E-state index < -0.39 is 0 Å². The molecule has 1 aromatic carbocycles. The third-order valence-corrected chi connectivity index (χ3v) is 4.47. The van der Waals surface area contributed by atoms with E-state index in [-0.39, 0.29) is 5.91 Å². The summed E-state index contributed by atoms with van der Waals surface area (Å²) in [6.45, 7) is 4.10. The summed E-state index contributed by atoms with van der Waals surface area (Å²) in [5.41, 5.74) is 1.68. The first-order chi connectivity index (χ1) is 10.1. The molecular weight excluding hydrogens is 284 g/mol. The Labute approximate surface area is 126 Å². The van der Waals surface area contributed by atoms with Gasteiger partial charge in [-0.3, -0.25) is 10.1 Å². The highest BCUT2D eigenvalue weighted by atomic mass is 32.1. The standard InChI is InChI=1S/C15H16N4OS/c1-9(2)14-17-18-15(21-14)16-13(20)11-5-4-6-12-10(11)7-8-19(12)3/h4-9H,1-3H3,(H,16,18,20). The Morgan fingerprint density at radius 1 is 1.29 bits per heavy atom. The average molecular weight is 300 g/mol. The Kier molecular flexibility index (Phi) is 3.47. The van der Waals surface area contributed by atoms with Crippen LogP contribution in [-0.2, 0) is 7.05 Å². The predicted molar refractivity (Wildman–Crippen MR) is 84.9 cm³/mol. The molecule has 0 radical (unpaired) electrons. The van der Waals surface area contributed by atoms with E-state index in [1.807, 2.05) is 42.1 Å². The Morgan fingerprint density at radius 2 is 2.10 bits per heavy atom. The smallest absolute Gasteiger partial charge is 0.258 e. The van der Waals surface area contributed by atoms with Gasteiger partial charge in [-0.1, -0.05) is 31.3 Å². The van der Waals surface area contributed by atoms with Gasteiger partial charge in [0.15, 0.2) is 0 Å². The fourth-order valence-corrected chi connectivity index (χ4v) is 2.92. The van der Waals surface area contributed by atoms with E-state index in [9.17, 15) is 4.79 Å². The van der Waals surface area contributed by atoms with Gasteiger partial charge in [0, 0.05) is 35.6 Å². The topological polar surface area (TPSA) is 59.8 Å². The molecule has 1 amide bonds. The SMILES string of the molecule is CC(C)c1nnc(NC(=O)c2cccc3c2ccn3C)s1. The van der Waals surface area contributed by atoms with Gasteiger partial charge in [0.2, 0.25) is 5.13 Å². The van der Waals surface area contributed by atoms with E-state index in [1.165, 1.54) is 11.3 Å². The molecule has 108 valence electrons. The minimum Gasteiger partial charge on any atom is -0.351 e. The van der Waals surface area contributed by atoms with Crippen LogP contribution in [0.5, 0.6) is 0 Å². The van der Waals surface area contributed by atoms with Gasteiger partial charge in [-0.05, 0) is 18.2 Å². The highest BCUT2D eigenvalue weighted by Crippen LogP contribution is 2.24. The van der Waals surface area contributed by atoms with Crippen LogP contribution in [0, 0.1) is 0 Å². The Hall–Kier alpha value is -2.21. The molecule has 0 fully saturated rings. The van der Waals surface area contributed by atoms with Crippen LogP contribution in [-0.4, -0.2) is 20.7 Å². The number of amides is 1. The van der Waals surface area contributed by atoms with Crippen molar-refractivity contribution in [1.29, 1.82) is 0 Å². The van der Waals surface area contributed by atoms with Gasteiger partial charge in [0.1, 0.15) is 5.01 Å². The number of rotatable bonds is 3. The summed E-state index contributed by atoms with van der Waals surface area (Å²) in [6.07, 6.45) is 1.95. The maximum atomic E-state index is 12.4. The minimum atomic E-state index is -0.154. The van der Waals surface area contributed by atoms with Crippen molar-refractivity contribution in [2.24, 2.45) is 7.05 Å². The molecule has 6 heteroatoms. The van der Waals surface area contributed by atoms with E-state index in [4.69, 9.17) is 0 Å². The van der Waals surface area contributed by atoms with Gasteiger partial charge in [-0.15, -0.1) is 10.2 Å². The summed E-state index contributed by atoms with van der Waals surface area (Å²) in [5.74, 6) is 0.156. The van der Waals surface area contributed by atoms with Crippen LogP contribution in [0.15, 0.2) is 30.5 Å². The van der Waals surface area contributed by atoms with Crippen molar-refractivity contribution in [3.8, 4) is 0 Å². The molecule has 0 saturated carbocycles. The zero-order valence-corrected chi connectivity index (χ0v) is 12.9. The number of hydrogen-bond donors (Lipinski definition) is 1. The number of nitrogens with one attached hydrogen (secondary N) is 1. The average Bonchev–Trinajstić information content (AvgIpc) is 3.06. The van der Waals surface area contributed by atoms with Crippen molar-refractivity contribution in [2.75, 3.05) is 5.32 Å². The Morgan fingerprint density at radius 3 is 2.81 bits per heavy atom. The molecule has 0 atom stereocenters. The minimum absolute atomic E-state index is 0.154. The van der Waals surface area contributed by atoms with Crippen molar-refractivity contribution in [3.63, 3.8) is 0 Å². The van der Waals surface area contributed by atoms with Crippen LogP contribution in [0.2, 0.25) is 0 Å². The number of anilines is 1. The van der Waals surface area contributed by atoms with Crippen LogP contribution in [0.3, 0.4) is 0 Å². The summed E-state index contributed by atoms with van der Waals surface area (Å²) in [7, 11) is 1.96. The number of aromatic nitrogens is 3. The van der Waals surface area contributed by atoms with Crippen LogP contribution in [0.25, 0.3) is 10.9 Å². The summed E-state index contributed by atoms with van der Waals surface area (Å²) < 4.78 is 1.99. The van der Waals surface area contributed by atoms with Gasteiger partial charge in [0.25, 0.3) is 5.91 Å². The van der Waals surface area contributed by atoms with Gasteiger partial charge in [0.05, 0.1) is 0 Å². The molecule has 3 aromatic rings. The number of fused-ring (bicyclic) bond motifs is 1. The Balaban J connectivity index is 1.90. The number of carbonyl (C=O) groups is 1.